The van der Waals surface area contributed by atoms with Crippen molar-refractivity contribution in [3.05, 3.63) is 35.4 Å². The van der Waals surface area contributed by atoms with E-state index in [1.165, 1.54) is 0 Å². The summed E-state index contributed by atoms with van der Waals surface area (Å²) in [5, 5.41) is 3.16. The van der Waals surface area contributed by atoms with Gasteiger partial charge in [-0.2, -0.15) is 13.2 Å². The number of hydrogen-bond donors (Lipinski definition) is 1. The Morgan fingerprint density at radius 3 is 2.11 bits per heavy atom. The maximum atomic E-state index is 12.4. The van der Waals surface area contributed by atoms with Gasteiger partial charge in [-0.15, -0.1) is 0 Å². The normalized spacial score (nSPS) is 13.9. The molecule has 0 saturated carbocycles. The van der Waals surface area contributed by atoms with Crippen LogP contribution in [0.25, 0.3) is 0 Å². The first-order chi connectivity index (χ1) is 8.32. The maximum Gasteiger partial charge on any atom is 0.416 e. The first-order valence-electron chi connectivity index (χ1n) is 5.81. The minimum Gasteiger partial charge on any atom is -0.315 e. The van der Waals surface area contributed by atoms with Crippen LogP contribution < -0.4 is 5.32 Å². The minimum absolute atomic E-state index is 0.233. The second kappa shape index (κ2) is 6.20. The number of nitrogens with zero attached hydrogens (tertiary/aromatic N) is 1. The topological polar surface area (TPSA) is 15.3 Å². The molecule has 102 valence electrons. The summed E-state index contributed by atoms with van der Waals surface area (Å²) in [5.74, 6) is 0. The molecular formula is C13H19F3N2. The average Bonchev–Trinajstić information content (AvgIpc) is 2.27. The Hall–Kier alpha value is -1.07. The SMILES string of the molecule is CNC(Cc1ccc(C(F)(F)F)cc1)CN(C)C. The van der Waals surface area contributed by atoms with Crippen LogP contribution in [0.5, 0.6) is 0 Å². The van der Waals surface area contributed by atoms with Crippen LogP contribution in [0, 0.1) is 0 Å². The van der Waals surface area contributed by atoms with Gasteiger partial charge < -0.3 is 10.2 Å². The minimum atomic E-state index is -4.26. The summed E-state index contributed by atoms with van der Waals surface area (Å²) in [5.41, 5.74) is 0.309. The summed E-state index contributed by atoms with van der Waals surface area (Å²) in [4.78, 5) is 2.05. The number of hydrogen-bond acceptors (Lipinski definition) is 2. The van der Waals surface area contributed by atoms with E-state index >= 15 is 0 Å². The molecule has 0 bridgehead atoms. The molecule has 0 fully saturated rings. The predicted molar refractivity (Wildman–Crippen MR) is 66.5 cm³/mol. The number of likely N-dealkylation sites (N-methyl/N-ethyl adjacent to an activating group) is 2. The molecule has 1 unspecified atom stereocenters. The molecule has 0 radical (unpaired) electrons. The summed E-state index contributed by atoms with van der Waals surface area (Å²) in [7, 11) is 5.80. The van der Waals surface area contributed by atoms with Gasteiger partial charge in [-0.3, -0.25) is 0 Å². The van der Waals surface area contributed by atoms with E-state index < -0.39 is 11.7 Å². The largest absolute Gasteiger partial charge is 0.416 e. The van der Waals surface area contributed by atoms with Crippen molar-refractivity contribution in [2.75, 3.05) is 27.7 Å². The van der Waals surface area contributed by atoms with Crippen molar-refractivity contribution >= 4 is 0 Å². The molecule has 0 aliphatic heterocycles. The first kappa shape index (κ1) is 15.0. The standard InChI is InChI=1S/C13H19F3N2/c1-17-12(9-18(2)3)8-10-4-6-11(7-5-10)13(14,15)16/h4-7,12,17H,8-9H2,1-3H3. The van der Waals surface area contributed by atoms with E-state index in [1.54, 1.807) is 12.1 Å². The zero-order valence-corrected chi connectivity index (χ0v) is 10.9. The van der Waals surface area contributed by atoms with E-state index in [9.17, 15) is 13.2 Å². The second-order valence-electron chi connectivity index (χ2n) is 4.65. The fourth-order valence-corrected chi connectivity index (χ4v) is 1.81. The van der Waals surface area contributed by atoms with Gasteiger partial charge in [-0.25, -0.2) is 0 Å². The van der Waals surface area contributed by atoms with Crippen molar-refractivity contribution in [3.63, 3.8) is 0 Å². The number of benzene rings is 1. The number of rotatable bonds is 5. The van der Waals surface area contributed by atoms with Crippen LogP contribution in [-0.2, 0) is 12.6 Å². The van der Waals surface area contributed by atoms with E-state index in [-0.39, 0.29) is 6.04 Å². The third-order valence-corrected chi connectivity index (χ3v) is 2.76. The zero-order valence-electron chi connectivity index (χ0n) is 10.9. The molecule has 18 heavy (non-hydrogen) atoms. The van der Waals surface area contributed by atoms with Gasteiger partial charge >= 0.3 is 6.18 Å². The molecule has 0 aromatic heterocycles. The van der Waals surface area contributed by atoms with Gasteiger partial charge in [0.05, 0.1) is 5.56 Å². The lowest BCUT2D eigenvalue weighted by Gasteiger charge is -2.20. The van der Waals surface area contributed by atoms with E-state index in [0.717, 1.165) is 24.2 Å². The van der Waals surface area contributed by atoms with Crippen molar-refractivity contribution in [2.24, 2.45) is 0 Å². The summed E-state index contributed by atoms with van der Waals surface area (Å²) in [6.45, 7) is 0.845. The molecule has 2 nitrogen and oxygen atoms in total. The van der Waals surface area contributed by atoms with Gasteiger partial charge in [0, 0.05) is 12.6 Å². The Balaban J connectivity index is 2.68. The monoisotopic (exact) mass is 260 g/mol. The average molecular weight is 260 g/mol. The van der Waals surface area contributed by atoms with Crippen molar-refractivity contribution < 1.29 is 13.2 Å². The van der Waals surface area contributed by atoms with Crippen LogP contribution in [0.1, 0.15) is 11.1 Å². The summed E-state index contributed by atoms with van der Waals surface area (Å²) in [6.07, 6.45) is -3.54. The van der Waals surface area contributed by atoms with Gasteiger partial charge in [0.2, 0.25) is 0 Å². The lowest BCUT2D eigenvalue weighted by atomic mass is 10.0. The van der Waals surface area contributed by atoms with Crippen molar-refractivity contribution in [1.82, 2.24) is 10.2 Å². The summed E-state index contributed by atoms with van der Waals surface area (Å²) >= 11 is 0. The smallest absolute Gasteiger partial charge is 0.315 e. The Morgan fingerprint density at radius 1 is 1.17 bits per heavy atom. The first-order valence-corrected chi connectivity index (χ1v) is 5.81. The molecule has 1 aromatic rings. The van der Waals surface area contributed by atoms with Crippen molar-refractivity contribution in [3.8, 4) is 0 Å². The quantitative estimate of drug-likeness (QED) is 0.874. The lowest BCUT2D eigenvalue weighted by molar-refractivity contribution is -0.137. The highest BCUT2D eigenvalue weighted by atomic mass is 19.4. The summed E-state index contributed by atoms with van der Waals surface area (Å²) < 4.78 is 37.2. The molecule has 1 N–H and O–H groups in total. The Morgan fingerprint density at radius 2 is 1.72 bits per heavy atom. The Kier molecular flexibility index (Phi) is 5.16. The molecule has 1 atom stereocenters. The van der Waals surface area contributed by atoms with E-state index in [0.29, 0.717) is 6.42 Å². The van der Waals surface area contributed by atoms with Crippen LogP contribution >= 0.6 is 0 Å². The van der Waals surface area contributed by atoms with Crippen molar-refractivity contribution in [2.45, 2.75) is 18.6 Å². The van der Waals surface area contributed by atoms with Crippen LogP contribution in [-0.4, -0.2) is 38.6 Å². The number of alkyl halides is 3. The molecule has 0 heterocycles. The number of nitrogens with one attached hydrogen (secondary N) is 1. The molecule has 0 aliphatic carbocycles. The molecule has 0 spiro atoms. The van der Waals surface area contributed by atoms with Crippen LogP contribution in [0.3, 0.4) is 0 Å². The number of halogens is 3. The molecule has 1 aromatic carbocycles. The van der Waals surface area contributed by atoms with Gasteiger partial charge in [0.1, 0.15) is 0 Å². The third kappa shape index (κ3) is 4.66. The van der Waals surface area contributed by atoms with Gasteiger partial charge in [0.25, 0.3) is 0 Å². The Labute approximate surface area is 106 Å². The maximum absolute atomic E-state index is 12.4. The highest BCUT2D eigenvalue weighted by Crippen LogP contribution is 2.29. The van der Waals surface area contributed by atoms with Gasteiger partial charge in [-0.1, -0.05) is 12.1 Å². The molecule has 0 saturated heterocycles. The van der Waals surface area contributed by atoms with Crippen LogP contribution in [0.15, 0.2) is 24.3 Å². The van der Waals surface area contributed by atoms with E-state index in [4.69, 9.17) is 0 Å². The second-order valence-corrected chi connectivity index (χ2v) is 4.65. The van der Waals surface area contributed by atoms with Gasteiger partial charge in [0.15, 0.2) is 0 Å². The summed E-state index contributed by atoms with van der Waals surface area (Å²) in [6, 6.07) is 5.60. The fourth-order valence-electron chi connectivity index (χ4n) is 1.81. The predicted octanol–water partition coefficient (Wildman–Crippen LogP) is 2.40. The molecule has 0 amide bonds. The molecule has 0 aliphatic rings. The highest BCUT2D eigenvalue weighted by Gasteiger charge is 2.29. The van der Waals surface area contributed by atoms with Crippen molar-refractivity contribution in [1.29, 1.82) is 0 Å². The molecular weight excluding hydrogens is 241 g/mol. The fraction of sp³-hybridized carbons (Fsp3) is 0.538. The van der Waals surface area contributed by atoms with Gasteiger partial charge in [-0.05, 0) is 45.3 Å². The lowest BCUT2D eigenvalue weighted by Crippen LogP contribution is -2.37. The molecule has 1 rings (SSSR count). The van der Waals surface area contributed by atoms with Crippen LogP contribution in [0.4, 0.5) is 13.2 Å². The zero-order chi connectivity index (χ0) is 13.8. The Bertz CT molecular complexity index is 357. The highest BCUT2D eigenvalue weighted by molar-refractivity contribution is 5.25. The molecule has 5 heteroatoms. The van der Waals surface area contributed by atoms with Crippen LogP contribution in [0.2, 0.25) is 0 Å². The third-order valence-electron chi connectivity index (χ3n) is 2.76. The van der Waals surface area contributed by atoms with E-state index in [1.807, 2.05) is 26.0 Å². The van der Waals surface area contributed by atoms with E-state index in [2.05, 4.69) is 5.32 Å².